The Morgan fingerprint density at radius 2 is 1.90 bits per heavy atom. The molecule has 0 atom stereocenters. The number of benzene rings is 1. The molecule has 2 aromatic rings. The van der Waals surface area contributed by atoms with Gasteiger partial charge in [0.1, 0.15) is 0 Å². The molecule has 1 aromatic carbocycles. The van der Waals surface area contributed by atoms with Crippen molar-refractivity contribution in [2.24, 2.45) is 7.05 Å². The highest BCUT2D eigenvalue weighted by molar-refractivity contribution is 5.93. The SMILES string of the molecule is CN(C)CCN(Cc1ccccc1)C(=O)c1cnn(C)c1. The number of aromatic nitrogens is 2. The summed E-state index contributed by atoms with van der Waals surface area (Å²) in [5.41, 5.74) is 1.76. The minimum atomic E-state index is 0.0220. The zero-order valence-corrected chi connectivity index (χ0v) is 12.9. The van der Waals surface area contributed by atoms with Crippen molar-refractivity contribution in [2.75, 3.05) is 27.2 Å². The molecule has 0 aliphatic heterocycles. The molecule has 5 heteroatoms. The van der Waals surface area contributed by atoms with Gasteiger partial charge in [0.15, 0.2) is 0 Å². The largest absolute Gasteiger partial charge is 0.333 e. The first-order valence-corrected chi connectivity index (χ1v) is 7.03. The standard InChI is InChI=1S/C16H22N4O/c1-18(2)9-10-20(12-14-7-5-4-6-8-14)16(21)15-11-17-19(3)13-15/h4-8,11,13H,9-10,12H2,1-3H3. The van der Waals surface area contributed by atoms with Gasteiger partial charge in [0, 0.05) is 32.9 Å². The first-order chi connectivity index (χ1) is 10.1. The van der Waals surface area contributed by atoms with Gasteiger partial charge >= 0.3 is 0 Å². The molecule has 0 saturated heterocycles. The van der Waals surface area contributed by atoms with Crippen LogP contribution in [0.25, 0.3) is 0 Å². The van der Waals surface area contributed by atoms with Crippen LogP contribution in [0.3, 0.4) is 0 Å². The lowest BCUT2D eigenvalue weighted by atomic mass is 10.2. The third-order valence-electron chi connectivity index (χ3n) is 3.27. The molecule has 0 aliphatic rings. The molecule has 0 aliphatic carbocycles. The number of amides is 1. The van der Waals surface area contributed by atoms with Crippen LogP contribution in [-0.2, 0) is 13.6 Å². The van der Waals surface area contributed by atoms with E-state index in [4.69, 9.17) is 0 Å². The third kappa shape index (κ3) is 4.43. The van der Waals surface area contributed by atoms with E-state index >= 15 is 0 Å². The molecule has 0 spiro atoms. The molecule has 5 nitrogen and oxygen atoms in total. The van der Waals surface area contributed by atoms with Crippen LogP contribution in [0, 0.1) is 0 Å². The minimum Gasteiger partial charge on any atom is -0.333 e. The zero-order chi connectivity index (χ0) is 15.2. The fraction of sp³-hybridized carbons (Fsp3) is 0.375. The number of carbonyl (C=O) groups excluding carboxylic acids is 1. The first kappa shape index (κ1) is 15.3. The Morgan fingerprint density at radius 1 is 1.19 bits per heavy atom. The normalized spacial score (nSPS) is 10.9. The van der Waals surface area contributed by atoms with E-state index in [2.05, 4.69) is 10.00 Å². The molecule has 1 heterocycles. The molecule has 21 heavy (non-hydrogen) atoms. The van der Waals surface area contributed by atoms with Gasteiger partial charge in [0.2, 0.25) is 0 Å². The van der Waals surface area contributed by atoms with Crippen molar-refractivity contribution in [3.63, 3.8) is 0 Å². The van der Waals surface area contributed by atoms with Gasteiger partial charge in [-0.1, -0.05) is 30.3 Å². The summed E-state index contributed by atoms with van der Waals surface area (Å²) >= 11 is 0. The summed E-state index contributed by atoms with van der Waals surface area (Å²) in [6.07, 6.45) is 3.38. The molecule has 0 fully saturated rings. The van der Waals surface area contributed by atoms with Crippen molar-refractivity contribution in [3.05, 3.63) is 53.9 Å². The highest BCUT2D eigenvalue weighted by Crippen LogP contribution is 2.09. The topological polar surface area (TPSA) is 41.4 Å². The lowest BCUT2D eigenvalue weighted by Crippen LogP contribution is -2.36. The lowest BCUT2D eigenvalue weighted by Gasteiger charge is -2.24. The highest BCUT2D eigenvalue weighted by Gasteiger charge is 2.17. The van der Waals surface area contributed by atoms with Crippen LogP contribution in [-0.4, -0.2) is 52.7 Å². The predicted molar refractivity (Wildman–Crippen MR) is 82.9 cm³/mol. The Balaban J connectivity index is 2.13. The Bertz CT molecular complexity index is 577. The number of hydrogen-bond acceptors (Lipinski definition) is 3. The van der Waals surface area contributed by atoms with E-state index in [1.54, 1.807) is 17.1 Å². The second kappa shape index (κ2) is 7.04. The third-order valence-corrected chi connectivity index (χ3v) is 3.27. The second-order valence-electron chi connectivity index (χ2n) is 5.42. The Labute approximate surface area is 125 Å². The maximum absolute atomic E-state index is 12.6. The van der Waals surface area contributed by atoms with Gasteiger partial charge in [-0.2, -0.15) is 5.10 Å². The maximum Gasteiger partial charge on any atom is 0.257 e. The van der Waals surface area contributed by atoms with Gasteiger partial charge in [0.25, 0.3) is 5.91 Å². The molecule has 0 bridgehead atoms. The van der Waals surface area contributed by atoms with Crippen LogP contribution >= 0.6 is 0 Å². The van der Waals surface area contributed by atoms with Crippen molar-refractivity contribution >= 4 is 5.91 Å². The quantitative estimate of drug-likeness (QED) is 0.810. The van der Waals surface area contributed by atoms with Crippen molar-refractivity contribution in [1.29, 1.82) is 0 Å². The van der Waals surface area contributed by atoms with Crippen molar-refractivity contribution < 1.29 is 4.79 Å². The van der Waals surface area contributed by atoms with E-state index in [1.165, 1.54) is 0 Å². The van der Waals surface area contributed by atoms with Gasteiger partial charge in [0.05, 0.1) is 11.8 Å². The Hall–Kier alpha value is -2.14. The number of aryl methyl sites for hydroxylation is 1. The molecular weight excluding hydrogens is 264 g/mol. The summed E-state index contributed by atoms with van der Waals surface area (Å²) in [5.74, 6) is 0.0220. The number of rotatable bonds is 6. The number of carbonyl (C=O) groups is 1. The second-order valence-corrected chi connectivity index (χ2v) is 5.42. The lowest BCUT2D eigenvalue weighted by molar-refractivity contribution is 0.0732. The van der Waals surface area contributed by atoms with Crippen LogP contribution in [0.2, 0.25) is 0 Å². The van der Waals surface area contributed by atoms with E-state index in [0.29, 0.717) is 18.7 Å². The van der Waals surface area contributed by atoms with E-state index in [-0.39, 0.29) is 5.91 Å². The van der Waals surface area contributed by atoms with Gasteiger partial charge in [-0.3, -0.25) is 9.48 Å². The van der Waals surface area contributed by atoms with Crippen molar-refractivity contribution in [3.8, 4) is 0 Å². The van der Waals surface area contributed by atoms with Crippen LogP contribution in [0.1, 0.15) is 15.9 Å². The summed E-state index contributed by atoms with van der Waals surface area (Å²) in [7, 11) is 5.84. The summed E-state index contributed by atoms with van der Waals surface area (Å²) < 4.78 is 1.65. The molecular formula is C16H22N4O. The van der Waals surface area contributed by atoms with E-state index in [0.717, 1.165) is 12.1 Å². The zero-order valence-electron chi connectivity index (χ0n) is 12.9. The molecule has 0 unspecified atom stereocenters. The fourth-order valence-corrected chi connectivity index (χ4v) is 2.09. The van der Waals surface area contributed by atoms with Gasteiger partial charge in [-0.15, -0.1) is 0 Å². The Kier molecular flexibility index (Phi) is 5.11. The predicted octanol–water partition coefficient (Wildman–Crippen LogP) is 1.62. The van der Waals surface area contributed by atoms with Crippen LogP contribution < -0.4 is 0 Å². The molecule has 0 radical (unpaired) electrons. The van der Waals surface area contributed by atoms with Crippen molar-refractivity contribution in [2.45, 2.75) is 6.54 Å². The average molecular weight is 286 g/mol. The number of likely N-dealkylation sites (N-methyl/N-ethyl adjacent to an activating group) is 1. The maximum atomic E-state index is 12.6. The minimum absolute atomic E-state index is 0.0220. The molecule has 112 valence electrons. The van der Waals surface area contributed by atoms with Gasteiger partial charge < -0.3 is 9.80 Å². The Morgan fingerprint density at radius 3 is 2.48 bits per heavy atom. The first-order valence-electron chi connectivity index (χ1n) is 7.03. The number of nitrogens with zero attached hydrogens (tertiary/aromatic N) is 4. The highest BCUT2D eigenvalue weighted by atomic mass is 16.2. The number of hydrogen-bond donors (Lipinski definition) is 0. The van der Waals surface area contributed by atoms with Crippen LogP contribution in [0.5, 0.6) is 0 Å². The van der Waals surface area contributed by atoms with E-state index < -0.39 is 0 Å². The van der Waals surface area contributed by atoms with Gasteiger partial charge in [-0.25, -0.2) is 0 Å². The fourth-order valence-electron chi connectivity index (χ4n) is 2.09. The van der Waals surface area contributed by atoms with Crippen LogP contribution in [0.15, 0.2) is 42.7 Å². The van der Waals surface area contributed by atoms with E-state index in [9.17, 15) is 4.79 Å². The molecule has 0 saturated carbocycles. The van der Waals surface area contributed by atoms with Crippen LogP contribution in [0.4, 0.5) is 0 Å². The summed E-state index contributed by atoms with van der Waals surface area (Å²) in [6, 6.07) is 10.1. The monoisotopic (exact) mass is 286 g/mol. The molecule has 0 N–H and O–H groups in total. The molecule has 1 aromatic heterocycles. The van der Waals surface area contributed by atoms with Crippen molar-refractivity contribution in [1.82, 2.24) is 19.6 Å². The summed E-state index contributed by atoms with van der Waals surface area (Å²) in [5, 5.41) is 4.08. The van der Waals surface area contributed by atoms with Gasteiger partial charge in [-0.05, 0) is 19.7 Å². The summed E-state index contributed by atoms with van der Waals surface area (Å²) in [6.45, 7) is 2.14. The van der Waals surface area contributed by atoms with E-state index in [1.807, 2.05) is 56.4 Å². The molecule has 2 rings (SSSR count). The smallest absolute Gasteiger partial charge is 0.257 e. The summed E-state index contributed by atoms with van der Waals surface area (Å²) in [4.78, 5) is 16.6. The average Bonchev–Trinajstić information content (AvgIpc) is 2.90. The molecule has 1 amide bonds.